The molecule has 1 atom stereocenters. The van der Waals surface area contributed by atoms with Crippen LogP contribution in [0.15, 0.2) is 60.7 Å². The number of allylic oxidation sites excluding steroid dienone is 1. The normalized spacial score (nSPS) is 13.0. The van der Waals surface area contributed by atoms with Gasteiger partial charge in [0.2, 0.25) is 0 Å². The Hall–Kier alpha value is -1.64. The molecule has 109 valence electrons. The molecule has 21 heavy (non-hydrogen) atoms. The Morgan fingerprint density at radius 2 is 1.29 bits per heavy atom. The second-order valence-corrected chi connectivity index (χ2v) is 7.46. The van der Waals surface area contributed by atoms with Crippen LogP contribution in [-0.2, 0) is 4.43 Å². The fourth-order valence-corrected chi connectivity index (χ4v) is 4.20. The van der Waals surface area contributed by atoms with Crippen molar-refractivity contribution in [3.63, 3.8) is 0 Å². The van der Waals surface area contributed by atoms with E-state index in [-0.39, 0.29) is 6.10 Å². The van der Waals surface area contributed by atoms with E-state index in [1.54, 1.807) is 0 Å². The lowest BCUT2D eigenvalue weighted by atomic mass is 10.2. The number of hydrogen-bond donors (Lipinski definition) is 0. The minimum Gasteiger partial charge on any atom is -0.401 e. The molecule has 0 N–H and O–H groups in total. The van der Waals surface area contributed by atoms with Crippen LogP contribution >= 0.6 is 0 Å². The summed E-state index contributed by atoms with van der Waals surface area (Å²) in [4.78, 5) is 0. The van der Waals surface area contributed by atoms with Crippen LogP contribution in [0.3, 0.4) is 0 Å². The largest absolute Gasteiger partial charge is 0.401 e. The van der Waals surface area contributed by atoms with Crippen molar-refractivity contribution in [3.05, 3.63) is 71.8 Å². The highest BCUT2D eigenvalue weighted by atomic mass is 28.3. The van der Waals surface area contributed by atoms with Gasteiger partial charge in [-0.05, 0) is 38.1 Å². The number of aryl methyl sites for hydroxylation is 2. The van der Waals surface area contributed by atoms with E-state index in [0.29, 0.717) is 0 Å². The summed E-state index contributed by atoms with van der Waals surface area (Å²) in [5.74, 6) is 0. The standard InChI is InChI=1S/C19H23OSi/c1-5-6-17(4)20-21(18-11-7-15(2)8-12-18)19-13-9-16(3)10-14-19/h5-14,17H,1-4H3/b6-5+. The lowest BCUT2D eigenvalue weighted by molar-refractivity contribution is 0.282. The van der Waals surface area contributed by atoms with Crippen molar-refractivity contribution in [3.8, 4) is 0 Å². The van der Waals surface area contributed by atoms with Crippen LogP contribution in [0.25, 0.3) is 0 Å². The van der Waals surface area contributed by atoms with E-state index in [0.717, 1.165) is 0 Å². The van der Waals surface area contributed by atoms with Crippen LogP contribution in [0.1, 0.15) is 25.0 Å². The Kier molecular flexibility index (Phi) is 5.54. The average Bonchev–Trinajstić information content (AvgIpc) is 2.47. The molecule has 0 fully saturated rings. The van der Waals surface area contributed by atoms with Gasteiger partial charge in [-0.15, -0.1) is 0 Å². The summed E-state index contributed by atoms with van der Waals surface area (Å²) >= 11 is 0. The summed E-state index contributed by atoms with van der Waals surface area (Å²) in [6.07, 6.45) is 4.29. The zero-order valence-electron chi connectivity index (χ0n) is 13.3. The maximum absolute atomic E-state index is 6.36. The topological polar surface area (TPSA) is 9.23 Å². The lowest BCUT2D eigenvalue weighted by Gasteiger charge is -2.20. The van der Waals surface area contributed by atoms with Crippen LogP contribution in [0.4, 0.5) is 0 Å². The van der Waals surface area contributed by atoms with E-state index in [9.17, 15) is 0 Å². The van der Waals surface area contributed by atoms with E-state index < -0.39 is 9.04 Å². The van der Waals surface area contributed by atoms with Gasteiger partial charge in [-0.2, -0.15) is 0 Å². The fraction of sp³-hybridized carbons (Fsp3) is 0.263. The van der Waals surface area contributed by atoms with Gasteiger partial charge in [0.15, 0.2) is 0 Å². The first-order valence-electron chi connectivity index (χ1n) is 7.40. The van der Waals surface area contributed by atoms with Gasteiger partial charge in [-0.1, -0.05) is 71.8 Å². The predicted octanol–water partition coefficient (Wildman–Crippen LogP) is 3.39. The summed E-state index contributed by atoms with van der Waals surface area (Å²) in [5.41, 5.74) is 2.57. The second-order valence-electron chi connectivity index (χ2n) is 5.41. The van der Waals surface area contributed by atoms with E-state index in [4.69, 9.17) is 4.43 Å². The second kappa shape index (κ2) is 7.39. The third kappa shape index (κ3) is 4.41. The molecule has 0 saturated heterocycles. The van der Waals surface area contributed by atoms with Crippen molar-refractivity contribution in [2.45, 2.75) is 33.8 Å². The van der Waals surface area contributed by atoms with Crippen molar-refractivity contribution in [2.75, 3.05) is 0 Å². The molecule has 0 bridgehead atoms. The lowest BCUT2D eigenvalue weighted by Crippen LogP contribution is -2.46. The molecule has 0 heterocycles. The minimum absolute atomic E-state index is 0.131. The zero-order chi connectivity index (χ0) is 15.2. The summed E-state index contributed by atoms with van der Waals surface area (Å²) < 4.78 is 6.36. The molecule has 0 saturated carbocycles. The number of hydrogen-bond acceptors (Lipinski definition) is 1. The third-order valence-corrected chi connectivity index (χ3v) is 5.72. The summed E-state index contributed by atoms with van der Waals surface area (Å²) in [6, 6.07) is 17.5. The van der Waals surface area contributed by atoms with Crippen LogP contribution in [0, 0.1) is 13.8 Å². The van der Waals surface area contributed by atoms with Crippen molar-refractivity contribution >= 4 is 19.4 Å². The van der Waals surface area contributed by atoms with Gasteiger partial charge in [0, 0.05) is 0 Å². The molecule has 0 aliphatic heterocycles. The first-order valence-corrected chi connectivity index (χ1v) is 8.81. The molecule has 1 nitrogen and oxygen atoms in total. The maximum Gasteiger partial charge on any atom is 0.283 e. The van der Waals surface area contributed by atoms with E-state index in [1.807, 2.05) is 6.92 Å². The van der Waals surface area contributed by atoms with Crippen molar-refractivity contribution in [2.24, 2.45) is 0 Å². The quantitative estimate of drug-likeness (QED) is 0.607. The third-order valence-electron chi connectivity index (χ3n) is 3.39. The highest BCUT2D eigenvalue weighted by molar-refractivity contribution is 6.80. The first-order chi connectivity index (χ1) is 10.1. The average molecular weight is 295 g/mol. The Bertz CT molecular complexity index is 538. The number of benzene rings is 2. The molecule has 2 aromatic rings. The summed E-state index contributed by atoms with van der Waals surface area (Å²) in [5, 5.41) is 2.59. The molecule has 1 radical (unpaired) electrons. The van der Waals surface area contributed by atoms with Crippen molar-refractivity contribution in [1.29, 1.82) is 0 Å². The van der Waals surface area contributed by atoms with Gasteiger partial charge in [0.25, 0.3) is 9.04 Å². The molecule has 0 aliphatic carbocycles. The molecule has 2 rings (SSSR count). The van der Waals surface area contributed by atoms with Crippen molar-refractivity contribution < 1.29 is 4.43 Å². The Morgan fingerprint density at radius 1 is 0.857 bits per heavy atom. The summed E-state index contributed by atoms with van der Waals surface area (Å²) in [6.45, 7) is 8.37. The van der Waals surface area contributed by atoms with Crippen LogP contribution in [-0.4, -0.2) is 15.1 Å². The van der Waals surface area contributed by atoms with Gasteiger partial charge in [0.1, 0.15) is 0 Å². The van der Waals surface area contributed by atoms with Gasteiger partial charge in [-0.25, -0.2) is 0 Å². The highest BCUT2D eigenvalue weighted by Crippen LogP contribution is 2.03. The van der Waals surface area contributed by atoms with Crippen LogP contribution in [0.2, 0.25) is 0 Å². The minimum atomic E-state index is -1.21. The van der Waals surface area contributed by atoms with Gasteiger partial charge in [-0.3, -0.25) is 0 Å². The van der Waals surface area contributed by atoms with E-state index in [1.165, 1.54) is 21.5 Å². The number of rotatable bonds is 5. The Morgan fingerprint density at radius 3 is 1.67 bits per heavy atom. The smallest absolute Gasteiger partial charge is 0.283 e. The first kappa shape index (κ1) is 15.7. The monoisotopic (exact) mass is 295 g/mol. The Balaban J connectivity index is 2.33. The van der Waals surface area contributed by atoms with Gasteiger partial charge in [0.05, 0.1) is 6.10 Å². The molecular formula is C19H23OSi. The van der Waals surface area contributed by atoms with Crippen molar-refractivity contribution in [1.82, 2.24) is 0 Å². The Labute approximate surface area is 130 Å². The zero-order valence-corrected chi connectivity index (χ0v) is 14.3. The van der Waals surface area contributed by atoms with E-state index in [2.05, 4.69) is 81.5 Å². The molecule has 0 amide bonds. The van der Waals surface area contributed by atoms with Crippen LogP contribution < -0.4 is 10.4 Å². The molecule has 0 aliphatic rings. The predicted molar refractivity (Wildman–Crippen MR) is 92.7 cm³/mol. The van der Waals surface area contributed by atoms with Gasteiger partial charge >= 0.3 is 0 Å². The molecule has 0 spiro atoms. The fourth-order valence-electron chi connectivity index (χ4n) is 2.21. The molecule has 1 unspecified atom stereocenters. The molecule has 2 heteroatoms. The molecule has 0 aromatic heterocycles. The molecular weight excluding hydrogens is 272 g/mol. The SMILES string of the molecule is C/C=C/C(C)O[Si](c1ccc(C)cc1)c1ccc(C)cc1. The van der Waals surface area contributed by atoms with Crippen LogP contribution in [0.5, 0.6) is 0 Å². The maximum atomic E-state index is 6.36. The van der Waals surface area contributed by atoms with Gasteiger partial charge < -0.3 is 4.43 Å². The van der Waals surface area contributed by atoms with E-state index >= 15 is 0 Å². The summed E-state index contributed by atoms with van der Waals surface area (Å²) in [7, 11) is -1.21. The highest BCUT2D eigenvalue weighted by Gasteiger charge is 2.21. The molecule has 2 aromatic carbocycles.